The lowest BCUT2D eigenvalue weighted by Gasteiger charge is -2.05. The summed E-state index contributed by atoms with van der Waals surface area (Å²) in [6.07, 6.45) is 1.06. The van der Waals surface area contributed by atoms with Crippen LogP contribution >= 0.6 is 23.1 Å². The zero-order chi connectivity index (χ0) is 19.5. The first-order chi connectivity index (χ1) is 12.7. The molecule has 0 bridgehead atoms. The topological polar surface area (TPSA) is 106 Å². The van der Waals surface area contributed by atoms with Crippen molar-refractivity contribution in [1.29, 1.82) is 0 Å². The zero-order valence-electron chi connectivity index (χ0n) is 14.1. The Kier molecular flexibility index (Phi) is 5.84. The van der Waals surface area contributed by atoms with E-state index in [2.05, 4.69) is 14.9 Å². The van der Waals surface area contributed by atoms with Crippen LogP contribution in [-0.4, -0.2) is 33.3 Å². The van der Waals surface area contributed by atoms with Gasteiger partial charge >= 0.3 is 0 Å². The second-order valence-corrected chi connectivity index (χ2v) is 11.4. The normalized spacial score (nSPS) is 12.0. The van der Waals surface area contributed by atoms with Gasteiger partial charge < -0.3 is 0 Å². The Balaban J connectivity index is 1.68. The number of benzene rings is 2. The van der Waals surface area contributed by atoms with Gasteiger partial charge in [-0.3, -0.25) is 4.72 Å². The molecule has 0 aliphatic rings. The molecule has 3 aromatic rings. The Morgan fingerprint density at radius 1 is 0.926 bits per heavy atom. The van der Waals surface area contributed by atoms with Crippen molar-refractivity contribution in [2.45, 2.75) is 19.9 Å². The molecule has 0 saturated heterocycles. The second-order valence-electron chi connectivity index (χ2n) is 5.50. The molecule has 11 heteroatoms. The van der Waals surface area contributed by atoms with Crippen LogP contribution in [0.5, 0.6) is 0 Å². The number of aromatic nitrogens is 2. The molecule has 0 unspecified atom stereocenters. The minimum Gasteiger partial charge on any atom is -0.253 e. The molecule has 142 valence electrons. The lowest BCUT2D eigenvalue weighted by molar-refractivity contribution is 0.597. The summed E-state index contributed by atoms with van der Waals surface area (Å²) in [5.74, 6) is 0.704. The fourth-order valence-corrected chi connectivity index (χ4v) is 5.64. The van der Waals surface area contributed by atoms with E-state index in [9.17, 15) is 16.8 Å². The Morgan fingerprint density at radius 2 is 1.56 bits per heavy atom. The highest BCUT2D eigenvalue weighted by molar-refractivity contribution is 8.00. The van der Waals surface area contributed by atoms with Crippen LogP contribution in [0.1, 0.15) is 5.56 Å². The van der Waals surface area contributed by atoms with E-state index in [1.54, 1.807) is 0 Å². The number of hydrogen-bond acceptors (Lipinski definition) is 8. The summed E-state index contributed by atoms with van der Waals surface area (Å²) in [7, 11) is -7.26. The van der Waals surface area contributed by atoms with Crippen molar-refractivity contribution in [3.63, 3.8) is 0 Å². The summed E-state index contributed by atoms with van der Waals surface area (Å²) in [5, 5.41) is 7.99. The Bertz CT molecular complexity index is 1130. The number of sulfonamides is 1. The summed E-state index contributed by atoms with van der Waals surface area (Å²) >= 11 is 2.60. The highest BCUT2D eigenvalue weighted by atomic mass is 32.2. The number of hydrogen-bond donors (Lipinski definition) is 1. The fourth-order valence-electron chi connectivity index (χ4n) is 2.07. The average Bonchev–Trinajstić information content (AvgIpc) is 3.07. The smallest absolute Gasteiger partial charge is 0.253 e. The van der Waals surface area contributed by atoms with Gasteiger partial charge in [0.05, 0.1) is 9.79 Å². The van der Waals surface area contributed by atoms with Crippen molar-refractivity contribution in [2.75, 3.05) is 11.0 Å². The Morgan fingerprint density at radius 3 is 2.19 bits per heavy atom. The molecule has 7 nitrogen and oxygen atoms in total. The van der Waals surface area contributed by atoms with Crippen molar-refractivity contribution < 1.29 is 16.8 Å². The first-order valence-electron chi connectivity index (χ1n) is 7.57. The number of nitrogens with one attached hydrogen (secondary N) is 1. The molecule has 0 amide bonds. The molecular weight excluding hydrogens is 426 g/mol. The van der Waals surface area contributed by atoms with Gasteiger partial charge in [-0.25, -0.2) is 16.8 Å². The van der Waals surface area contributed by atoms with Crippen molar-refractivity contribution in [2.24, 2.45) is 0 Å². The molecule has 0 aliphatic heterocycles. The van der Waals surface area contributed by atoms with Crippen molar-refractivity contribution in [3.8, 4) is 0 Å². The van der Waals surface area contributed by atoms with Gasteiger partial charge in [0.15, 0.2) is 14.2 Å². The molecule has 0 spiro atoms. The first-order valence-corrected chi connectivity index (χ1v) is 12.7. The number of anilines is 1. The molecule has 1 heterocycles. The van der Waals surface area contributed by atoms with E-state index in [0.717, 1.165) is 23.2 Å². The van der Waals surface area contributed by atoms with Gasteiger partial charge in [0.2, 0.25) is 5.13 Å². The standard InChI is InChI=1S/C16H15N3O4S4/c1-26(20,21)13-7-9-14(10-8-13)27(22,23)19-15-17-18-16(25-15)24-11-12-5-3-2-4-6-12/h2-10H,11H2,1H3,(H,17,19). The maximum atomic E-state index is 12.4. The maximum Gasteiger partial charge on any atom is 0.263 e. The van der Waals surface area contributed by atoms with Crippen LogP contribution in [0.15, 0.2) is 68.7 Å². The summed E-state index contributed by atoms with van der Waals surface area (Å²) in [5.41, 5.74) is 1.13. The second kappa shape index (κ2) is 7.97. The van der Waals surface area contributed by atoms with Gasteiger partial charge in [0.25, 0.3) is 10.0 Å². The third kappa shape index (κ3) is 5.28. The van der Waals surface area contributed by atoms with Gasteiger partial charge in [-0.2, -0.15) is 0 Å². The van der Waals surface area contributed by atoms with Crippen LogP contribution in [0.25, 0.3) is 0 Å². The minimum absolute atomic E-state index is 0.0522. The molecule has 3 rings (SSSR count). The molecule has 0 aliphatic carbocycles. The van der Waals surface area contributed by atoms with E-state index in [1.807, 2.05) is 30.3 Å². The van der Waals surface area contributed by atoms with Gasteiger partial charge in [0.1, 0.15) is 0 Å². The van der Waals surface area contributed by atoms with Crippen molar-refractivity contribution in [3.05, 3.63) is 60.2 Å². The predicted octanol–water partition coefficient (Wildman–Crippen LogP) is 3.03. The zero-order valence-corrected chi connectivity index (χ0v) is 17.3. The van der Waals surface area contributed by atoms with Gasteiger partial charge in [-0.15, -0.1) is 10.2 Å². The van der Waals surface area contributed by atoms with Crippen molar-refractivity contribution >= 4 is 48.1 Å². The van der Waals surface area contributed by atoms with E-state index in [4.69, 9.17) is 0 Å². The molecule has 0 atom stereocenters. The fraction of sp³-hybridized carbons (Fsp3) is 0.125. The monoisotopic (exact) mass is 441 g/mol. The van der Waals surface area contributed by atoms with E-state index in [1.165, 1.54) is 36.0 Å². The molecule has 27 heavy (non-hydrogen) atoms. The molecule has 1 aromatic heterocycles. The Hall–Kier alpha value is -1.95. The summed E-state index contributed by atoms with van der Waals surface area (Å²) in [6.45, 7) is 0. The van der Waals surface area contributed by atoms with Crippen LogP contribution in [0, 0.1) is 0 Å². The van der Waals surface area contributed by atoms with Crippen LogP contribution < -0.4 is 4.72 Å². The van der Waals surface area contributed by atoms with Gasteiger partial charge in [-0.05, 0) is 29.8 Å². The summed E-state index contributed by atoms with van der Waals surface area (Å²) in [4.78, 5) is 0.000511. The molecule has 0 radical (unpaired) electrons. The van der Waals surface area contributed by atoms with E-state index >= 15 is 0 Å². The van der Waals surface area contributed by atoms with Crippen LogP contribution in [0.2, 0.25) is 0 Å². The lowest BCUT2D eigenvalue weighted by atomic mass is 10.2. The minimum atomic E-state index is -3.88. The van der Waals surface area contributed by atoms with Crippen LogP contribution in [0.4, 0.5) is 5.13 Å². The molecular formula is C16H15N3O4S4. The summed E-state index contributed by atoms with van der Waals surface area (Å²) in [6, 6.07) is 14.8. The number of rotatable bonds is 7. The van der Waals surface area contributed by atoms with Gasteiger partial charge in [-0.1, -0.05) is 53.4 Å². The lowest BCUT2D eigenvalue weighted by Crippen LogP contribution is -2.13. The molecule has 0 fully saturated rings. The van der Waals surface area contributed by atoms with Crippen LogP contribution in [-0.2, 0) is 25.6 Å². The highest BCUT2D eigenvalue weighted by Gasteiger charge is 2.18. The summed E-state index contributed by atoms with van der Waals surface area (Å²) < 4.78 is 50.8. The van der Waals surface area contributed by atoms with Crippen LogP contribution in [0.3, 0.4) is 0 Å². The van der Waals surface area contributed by atoms with Crippen molar-refractivity contribution in [1.82, 2.24) is 10.2 Å². The third-order valence-electron chi connectivity index (χ3n) is 3.40. The number of thioether (sulfide) groups is 1. The quantitative estimate of drug-likeness (QED) is 0.562. The molecule has 0 saturated carbocycles. The largest absolute Gasteiger partial charge is 0.263 e. The highest BCUT2D eigenvalue weighted by Crippen LogP contribution is 2.29. The van der Waals surface area contributed by atoms with E-state index in [-0.39, 0.29) is 14.9 Å². The SMILES string of the molecule is CS(=O)(=O)c1ccc(S(=O)(=O)Nc2nnc(SCc3ccccc3)s2)cc1. The first kappa shape index (κ1) is 19.8. The average molecular weight is 442 g/mol. The molecule has 2 aromatic carbocycles. The third-order valence-corrected chi connectivity index (χ3v) is 8.05. The Labute approximate surface area is 165 Å². The van der Waals surface area contributed by atoms with E-state index in [0.29, 0.717) is 10.1 Å². The maximum absolute atomic E-state index is 12.4. The number of nitrogens with zero attached hydrogens (tertiary/aromatic N) is 2. The van der Waals surface area contributed by atoms with E-state index < -0.39 is 19.9 Å². The number of sulfone groups is 1. The molecule has 1 N–H and O–H groups in total. The predicted molar refractivity (Wildman–Crippen MR) is 106 cm³/mol. The van der Waals surface area contributed by atoms with Gasteiger partial charge in [0, 0.05) is 12.0 Å².